The summed E-state index contributed by atoms with van der Waals surface area (Å²) in [6, 6.07) is 8.50. The summed E-state index contributed by atoms with van der Waals surface area (Å²) in [5.74, 6) is -0.155. The Labute approximate surface area is 127 Å². The normalized spacial score (nSPS) is 17.2. The van der Waals surface area contributed by atoms with E-state index >= 15 is 0 Å². The average molecular weight is 292 g/mol. The minimum Gasteiger partial charge on any atom is -0.358 e. The van der Waals surface area contributed by atoms with Gasteiger partial charge >= 0.3 is 0 Å². The van der Waals surface area contributed by atoms with Crippen LogP contribution in [0.4, 0.5) is 0 Å². The minimum absolute atomic E-state index is 0.134. The monoisotopic (exact) mass is 292 g/mol. The maximum Gasteiger partial charge on any atom is 0.271 e. The lowest BCUT2D eigenvalue weighted by atomic mass is 9.91. The molecular formula is C17H16N4O. The number of fused-ring (bicyclic) bond motifs is 3. The van der Waals surface area contributed by atoms with Crippen molar-refractivity contribution < 1.29 is 4.79 Å². The average Bonchev–Trinajstić information content (AvgIpc) is 2.93. The summed E-state index contributed by atoms with van der Waals surface area (Å²) in [7, 11) is 0. The number of carbonyl (C=O) groups excluding carboxylic acids is 1. The predicted octanol–water partition coefficient (Wildman–Crippen LogP) is 2.25. The minimum atomic E-state index is -0.155. The molecule has 5 nitrogen and oxygen atoms in total. The van der Waals surface area contributed by atoms with Crippen molar-refractivity contribution in [2.24, 2.45) is 0 Å². The zero-order valence-electron chi connectivity index (χ0n) is 12.0. The molecule has 3 aromatic rings. The number of aromatic nitrogens is 3. The highest BCUT2D eigenvalue weighted by Gasteiger charge is 2.24. The number of nitrogens with one attached hydrogen (secondary N) is 2. The van der Waals surface area contributed by atoms with Gasteiger partial charge in [-0.05, 0) is 24.5 Å². The molecule has 1 aliphatic rings. The molecule has 1 aliphatic carbocycles. The third kappa shape index (κ3) is 2.24. The molecule has 1 unspecified atom stereocenters. The number of H-pyrrole nitrogens is 1. The first-order valence-corrected chi connectivity index (χ1v) is 7.46. The van der Waals surface area contributed by atoms with Gasteiger partial charge in [0.1, 0.15) is 5.69 Å². The van der Waals surface area contributed by atoms with E-state index in [-0.39, 0.29) is 11.9 Å². The lowest BCUT2D eigenvalue weighted by Crippen LogP contribution is -2.39. The lowest BCUT2D eigenvalue weighted by molar-refractivity contribution is 0.0928. The molecule has 2 N–H and O–H groups in total. The molecule has 0 saturated carbocycles. The van der Waals surface area contributed by atoms with Gasteiger partial charge in [-0.15, -0.1) is 0 Å². The number of carbonyl (C=O) groups is 1. The van der Waals surface area contributed by atoms with E-state index in [1.54, 1.807) is 6.20 Å². The van der Waals surface area contributed by atoms with Gasteiger partial charge in [-0.25, -0.2) is 4.98 Å². The van der Waals surface area contributed by atoms with Crippen molar-refractivity contribution in [3.63, 3.8) is 0 Å². The van der Waals surface area contributed by atoms with Crippen LogP contribution in [0.1, 0.15) is 28.2 Å². The van der Waals surface area contributed by atoms with Gasteiger partial charge in [-0.2, -0.15) is 0 Å². The summed E-state index contributed by atoms with van der Waals surface area (Å²) >= 11 is 0. The third-order valence-electron chi connectivity index (χ3n) is 4.23. The first-order valence-electron chi connectivity index (χ1n) is 7.46. The van der Waals surface area contributed by atoms with Crippen LogP contribution in [0.2, 0.25) is 0 Å². The topological polar surface area (TPSA) is 70.7 Å². The maximum atomic E-state index is 12.2. The SMILES string of the molecule is O=C(NC1CCc2c([nH]c3ccccc23)C1)c1cnccn1. The molecule has 1 aromatic carbocycles. The smallest absolute Gasteiger partial charge is 0.271 e. The van der Waals surface area contributed by atoms with E-state index in [2.05, 4.69) is 38.5 Å². The van der Waals surface area contributed by atoms with Crippen LogP contribution in [0.5, 0.6) is 0 Å². The van der Waals surface area contributed by atoms with E-state index in [9.17, 15) is 4.79 Å². The van der Waals surface area contributed by atoms with Crippen molar-refractivity contribution in [2.45, 2.75) is 25.3 Å². The van der Waals surface area contributed by atoms with Crippen molar-refractivity contribution in [3.05, 3.63) is 59.8 Å². The predicted molar refractivity (Wildman–Crippen MR) is 83.6 cm³/mol. The molecule has 0 spiro atoms. The molecule has 110 valence electrons. The summed E-state index contributed by atoms with van der Waals surface area (Å²) in [5.41, 5.74) is 4.16. The number of hydrogen-bond donors (Lipinski definition) is 2. The lowest BCUT2D eigenvalue weighted by Gasteiger charge is -2.23. The molecular weight excluding hydrogens is 276 g/mol. The van der Waals surface area contributed by atoms with E-state index in [1.165, 1.54) is 34.6 Å². The fraction of sp³-hybridized carbons (Fsp3) is 0.235. The second kappa shape index (κ2) is 5.26. The zero-order valence-corrected chi connectivity index (χ0v) is 12.0. The summed E-state index contributed by atoms with van der Waals surface area (Å²) in [6.45, 7) is 0. The van der Waals surface area contributed by atoms with Gasteiger partial charge in [0.2, 0.25) is 0 Å². The number of benzene rings is 1. The highest BCUT2D eigenvalue weighted by atomic mass is 16.1. The molecule has 5 heteroatoms. The standard InChI is InChI=1S/C17H16N4O/c22-17(16-10-18-7-8-19-16)20-11-5-6-13-12-3-1-2-4-14(12)21-15(13)9-11/h1-4,7-8,10-11,21H,5-6,9H2,(H,20,22). The highest BCUT2D eigenvalue weighted by Crippen LogP contribution is 2.29. The largest absolute Gasteiger partial charge is 0.358 e. The number of hydrogen-bond acceptors (Lipinski definition) is 3. The number of aromatic amines is 1. The van der Waals surface area contributed by atoms with E-state index < -0.39 is 0 Å². The summed E-state index contributed by atoms with van der Waals surface area (Å²) in [4.78, 5) is 23.6. The molecule has 0 saturated heterocycles. The Morgan fingerprint density at radius 3 is 3.05 bits per heavy atom. The number of para-hydroxylation sites is 1. The van der Waals surface area contributed by atoms with Gasteiger partial charge in [0, 0.05) is 41.5 Å². The van der Waals surface area contributed by atoms with Gasteiger partial charge in [-0.3, -0.25) is 9.78 Å². The Hall–Kier alpha value is -2.69. The van der Waals surface area contributed by atoms with Gasteiger partial charge < -0.3 is 10.3 Å². The fourth-order valence-electron chi connectivity index (χ4n) is 3.18. The first-order chi connectivity index (χ1) is 10.8. The van der Waals surface area contributed by atoms with Crippen LogP contribution in [0.3, 0.4) is 0 Å². The van der Waals surface area contributed by atoms with Crippen LogP contribution in [0.15, 0.2) is 42.9 Å². The van der Waals surface area contributed by atoms with Crippen LogP contribution < -0.4 is 5.32 Å². The second-order valence-electron chi connectivity index (χ2n) is 5.63. The Bertz CT molecular complexity index is 825. The number of nitrogens with zero attached hydrogens (tertiary/aromatic N) is 2. The van der Waals surface area contributed by atoms with Crippen molar-refractivity contribution >= 4 is 16.8 Å². The van der Waals surface area contributed by atoms with Crippen molar-refractivity contribution in [3.8, 4) is 0 Å². The third-order valence-corrected chi connectivity index (χ3v) is 4.23. The van der Waals surface area contributed by atoms with Crippen LogP contribution in [-0.2, 0) is 12.8 Å². The van der Waals surface area contributed by atoms with E-state index in [1.807, 2.05) is 6.07 Å². The van der Waals surface area contributed by atoms with E-state index in [0.717, 1.165) is 19.3 Å². The van der Waals surface area contributed by atoms with Crippen LogP contribution in [0.25, 0.3) is 10.9 Å². The molecule has 2 aromatic heterocycles. The van der Waals surface area contributed by atoms with E-state index in [4.69, 9.17) is 0 Å². The molecule has 1 amide bonds. The van der Waals surface area contributed by atoms with Crippen LogP contribution >= 0.6 is 0 Å². The molecule has 2 heterocycles. The Morgan fingerprint density at radius 1 is 1.27 bits per heavy atom. The summed E-state index contributed by atoms with van der Waals surface area (Å²) in [5, 5.41) is 4.36. The molecule has 1 atom stereocenters. The van der Waals surface area contributed by atoms with Gasteiger partial charge in [0.05, 0.1) is 6.20 Å². The second-order valence-corrected chi connectivity index (χ2v) is 5.63. The number of rotatable bonds is 2. The summed E-state index contributed by atoms with van der Waals surface area (Å²) < 4.78 is 0. The highest BCUT2D eigenvalue weighted by molar-refractivity contribution is 5.92. The molecule has 0 fully saturated rings. The zero-order chi connectivity index (χ0) is 14.9. The van der Waals surface area contributed by atoms with E-state index in [0.29, 0.717) is 5.69 Å². The van der Waals surface area contributed by atoms with Crippen molar-refractivity contribution in [1.82, 2.24) is 20.3 Å². The van der Waals surface area contributed by atoms with Crippen LogP contribution in [-0.4, -0.2) is 26.9 Å². The molecule has 4 rings (SSSR count). The quantitative estimate of drug-likeness (QED) is 0.761. The molecule has 0 aliphatic heterocycles. The Morgan fingerprint density at radius 2 is 2.18 bits per heavy atom. The van der Waals surface area contributed by atoms with Crippen molar-refractivity contribution in [2.75, 3.05) is 0 Å². The fourth-order valence-corrected chi connectivity index (χ4v) is 3.18. The van der Waals surface area contributed by atoms with Crippen LogP contribution in [0, 0.1) is 0 Å². The maximum absolute atomic E-state index is 12.2. The molecule has 22 heavy (non-hydrogen) atoms. The number of aryl methyl sites for hydroxylation is 1. The van der Waals surface area contributed by atoms with Crippen molar-refractivity contribution in [1.29, 1.82) is 0 Å². The van der Waals surface area contributed by atoms with Gasteiger partial charge in [0.25, 0.3) is 5.91 Å². The Kier molecular flexibility index (Phi) is 3.11. The molecule has 0 radical (unpaired) electrons. The van der Waals surface area contributed by atoms with Gasteiger partial charge in [0.15, 0.2) is 0 Å². The summed E-state index contributed by atoms with van der Waals surface area (Å²) in [6.07, 6.45) is 7.34. The van der Waals surface area contributed by atoms with Gasteiger partial charge in [-0.1, -0.05) is 18.2 Å². The molecule has 0 bridgehead atoms. The first kappa shape index (κ1) is 13.0. The Balaban J connectivity index is 1.54. The number of amides is 1.